The van der Waals surface area contributed by atoms with Crippen molar-refractivity contribution in [3.05, 3.63) is 41.2 Å². The highest BCUT2D eigenvalue weighted by atomic mass is 16.5. The van der Waals surface area contributed by atoms with Crippen LogP contribution in [0.2, 0.25) is 0 Å². The molecule has 1 N–H and O–H groups in total. The molecular weight excluding hydrogens is 444 g/mol. The first-order valence-corrected chi connectivity index (χ1v) is 12.5. The third kappa shape index (κ3) is 4.01. The quantitative estimate of drug-likeness (QED) is 0.595. The number of hydrogen-bond acceptors (Lipinski definition) is 8. The van der Waals surface area contributed by atoms with Crippen molar-refractivity contribution >= 4 is 28.5 Å². The van der Waals surface area contributed by atoms with Crippen molar-refractivity contribution in [1.29, 1.82) is 0 Å². The van der Waals surface area contributed by atoms with Gasteiger partial charge in [0, 0.05) is 55.8 Å². The molecule has 0 spiro atoms. The van der Waals surface area contributed by atoms with Crippen molar-refractivity contribution in [2.75, 3.05) is 37.0 Å². The summed E-state index contributed by atoms with van der Waals surface area (Å²) in [5, 5.41) is 4.18. The van der Waals surface area contributed by atoms with Crippen molar-refractivity contribution in [2.24, 2.45) is 0 Å². The lowest BCUT2D eigenvalue weighted by Gasteiger charge is -2.36. The zero-order chi connectivity index (χ0) is 24.2. The molecule has 9 heteroatoms. The predicted molar refractivity (Wildman–Crippen MR) is 133 cm³/mol. The van der Waals surface area contributed by atoms with Gasteiger partial charge in [-0.2, -0.15) is 0 Å². The van der Waals surface area contributed by atoms with E-state index in [1.807, 2.05) is 18.0 Å². The van der Waals surface area contributed by atoms with Crippen LogP contribution in [0, 0.1) is 6.92 Å². The van der Waals surface area contributed by atoms with Gasteiger partial charge in [-0.3, -0.25) is 9.78 Å². The number of aromatic nitrogens is 3. The summed E-state index contributed by atoms with van der Waals surface area (Å²) in [6.07, 6.45) is 8.35. The van der Waals surface area contributed by atoms with E-state index in [0.717, 1.165) is 51.0 Å². The molecule has 0 bridgehead atoms. The monoisotopic (exact) mass is 476 g/mol. The smallest absolute Gasteiger partial charge is 0.258 e. The summed E-state index contributed by atoms with van der Waals surface area (Å²) < 4.78 is 11.5. The molecule has 0 aromatic carbocycles. The fourth-order valence-corrected chi connectivity index (χ4v) is 5.37. The molecule has 3 aliphatic rings. The maximum atomic E-state index is 13.8. The average Bonchev–Trinajstić information content (AvgIpc) is 3.50. The number of amides is 1. The Morgan fingerprint density at radius 3 is 2.80 bits per heavy atom. The third-order valence-electron chi connectivity index (χ3n) is 7.80. The number of ether oxygens (including phenoxy) is 1. The summed E-state index contributed by atoms with van der Waals surface area (Å²) in [6.45, 7) is 6.72. The number of furan rings is 1. The van der Waals surface area contributed by atoms with E-state index in [0.29, 0.717) is 47.4 Å². The minimum Gasteiger partial charge on any atom is -0.442 e. The van der Waals surface area contributed by atoms with Crippen molar-refractivity contribution in [1.82, 2.24) is 19.9 Å². The van der Waals surface area contributed by atoms with Gasteiger partial charge in [-0.25, -0.2) is 9.97 Å². The largest absolute Gasteiger partial charge is 0.442 e. The molecule has 9 nitrogen and oxygen atoms in total. The number of hydrogen-bond donors (Lipinski definition) is 1. The number of nitrogens with one attached hydrogen (secondary N) is 1. The zero-order valence-electron chi connectivity index (χ0n) is 20.6. The van der Waals surface area contributed by atoms with Gasteiger partial charge in [-0.05, 0) is 52.0 Å². The van der Waals surface area contributed by atoms with E-state index < -0.39 is 0 Å². The van der Waals surface area contributed by atoms with E-state index in [1.165, 1.54) is 17.6 Å². The van der Waals surface area contributed by atoms with Crippen LogP contribution in [0.1, 0.15) is 60.0 Å². The van der Waals surface area contributed by atoms with Crippen LogP contribution in [0.25, 0.3) is 11.1 Å². The SMILES string of the molecule is Cc1oc2ncnc(NC3(C)CC3)c2c1C(=O)N1CCc2c(N(C)C3CCOCC3)ccnc2C1. The molecular formula is C26H32N6O3. The van der Waals surface area contributed by atoms with Crippen LogP contribution in [0.4, 0.5) is 11.5 Å². The number of anilines is 2. The molecule has 1 saturated carbocycles. The van der Waals surface area contributed by atoms with Crippen LogP contribution in [0.3, 0.4) is 0 Å². The number of aryl methyl sites for hydroxylation is 1. The molecule has 35 heavy (non-hydrogen) atoms. The summed E-state index contributed by atoms with van der Waals surface area (Å²) in [5.74, 6) is 1.18. The molecule has 2 aliphatic heterocycles. The number of fused-ring (bicyclic) bond motifs is 2. The summed E-state index contributed by atoms with van der Waals surface area (Å²) >= 11 is 0. The number of rotatable bonds is 5. The average molecular weight is 477 g/mol. The highest BCUT2D eigenvalue weighted by molar-refractivity contribution is 6.10. The van der Waals surface area contributed by atoms with Crippen LogP contribution in [-0.4, -0.2) is 64.1 Å². The maximum absolute atomic E-state index is 13.8. The van der Waals surface area contributed by atoms with Crippen molar-refractivity contribution in [3.63, 3.8) is 0 Å². The molecule has 0 radical (unpaired) electrons. The Morgan fingerprint density at radius 1 is 1.23 bits per heavy atom. The number of pyridine rings is 1. The molecule has 3 aromatic heterocycles. The van der Waals surface area contributed by atoms with Crippen molar-refractivity contribution in [2.45, 2.75) is 64.1 Å². The summed E-state index contributed by atoms with van der Waals surface area (Å²) in [5.41, 5.74) is 4.44. The minimum absolute atomic E-state index is 0.0215. The first-order valence-electron chi connectivity index (χ1n) is 12.5. The standard InChI is InChI=1S/C26H32N6O3/c1-16-21(22-23(30-26(2)8-9-26)28-15-29-24(22)35-16)25(33)32-11-5-18-19(14-32)27-10-4-20(18)31(3)17-6-12-34-13-7-17/h4,10,15,17H,5-9,11-14H2,1-3H3,(H,28,29,30). The third-order valence-corrected chi connectivity index (χ3v) is 7.80. The normalized spacial score (nSPS) is 19.5. The molecule has 0 unspecified atom stereocenters. The Kier molecular flexibility index (Phi) is 5.40. The molecule has 3 aromatic rings. The van der Waals surface area contributed by atoms with Gasteiger partial charge in [-0.15, -0.1) is 0 Å². The molecule has 184 valence electrons. The van der Waals surface area contributed by atoms with Crippen LogP contribution in [-0.2, 0) is 17.7 Å². The van der Waals surface area contributed by atoms with E-state index in [9.17, 15) is 4.79 Å². The van der Waals surface area contributed by atoms with Gasteiger partial charge in [0.05, 0.1) is 23.2 Å². The Hall–Kier alpha value is -3.20. The van der Waals surface area contributed by atoms with E-state index in [4.69, 9.17) is 9.15 Å². The maximum Gasteiger partial charge on any atom is 0.258 e. The zero-order valence-corrected chi connectivity index (χ0v) is 20.6. The van der Waals surface area contributed by atoms with E-state index in [-0.39, 0.29) is 11.4 Å². The van der Waals surface area contributed by atoms with E-state index >= 15 is 0 Å². The first-order chi connectivity index (χ1) is 16.9. The van der Waals surface area contributed by atoms with Crippen LogP contribution >= 0.6 is 0 Å². The second-order valence-corrected chi connectivity index (χ2v) is 10.3. The predicted octanol–water partition coefficient (Wildman–Crippen LogP) is 3.70. The van der Waals surface area contributed by atoms with Gasteiger partial charge in [-0.1, -0.05) is 0 Å². The lowest BCUT2D eigenvalue weighted by molar-refractivity contribution is 0.0731. The van der Waals surface area contributed by atoms with Crippen LogP contribution in [0.15, 0.2) is 23.0 Å². The topological polar surface area (TPSA) is 96.6 Å². The van der Waals surface area contributed by atoms with E-state index in [2.05, 4.69) is 45.2 Å². The van der Waals surface area contributed by atoms with Gasteiger partial charge in [0.25, 0.3) is 5.91 Å². The lowest BCUT2D eigenvalue weighted by Crippen LogP contribution is -2.40. The van der Waals surface area contributed by atoms with Gasteiger partial charge in [0.1, 0.15) is 17.9 Å². The molecule has 1 amide bonds. The summed E-state index contributed by atoms with van der Waals surface area (Å²) in [6, 6.07) is 2.57. The second kappa shape index (κ2) is 8.48. The fraction of sp³-hybridized carbons (Fsp3) is 0.538. The van der Waals surface area contributed by atoms with Crippen molar-refractivity contribution < 1.29 is 13.9 Å². The first kappa shape index (κ1) is 22.3. The van der Waals surface area contributed by atoms with E-state index in [1.54, 1.807) is 0 Å². The molecule has 1 saturated heterocycles. The Bertz CT molecular complexity index is 1280. The lowest BCUT2D eigenvalue weighted by atomic mass is 9.99. The molecule has 0 atom stereocenters. The number of carbonyl (C=O) groups is 1. The number of carbonyl (C=O) groups excluding carboxylic acids is 1. The van der Waals surface area contributed by atoms with Gasteiger partial charge in [0.2, 0.25) is 5.71 Å². The molecule has 5 heterocycles. The summed E-state index contributed by atoms with van der Waals surface area (Å²) in [4.78, 5) is 31.5. The van der Waals surface area contributed by atoms with Gasteiger partial charge in [0.15, 0.2) is 0 Å². The Labute approximate surface area is 204 Å². The highest BCUT2D eigenvalue weighted by Gasteiger charge is 2.39. The minimum atomic E-state index is -0.0595. The molecule has 2 fully saturated rings. The number of nitrogens with zero attached hydrogens (tertiary/aromatic N) is 5. The van der Waals surface area contributed by atoms with Gasteiger partial charge >= 0.3 is 0 Å². The fourth-order valence-electron chi connectivity index (χ4n) is 5.37. The molecule has 1 aliphatic carbocycles. The van der Waals surface area contributed by atoms with Gasteiger partial charge < -0.3 is 24.3 Å². The summed E-state index contributed by atoms with van der Waals surface area (Å²) in [7, 11) is 2.17. The Balaban J connectivity index is 1.29. The van der Waals surface area contributed by atoms with Crippen molar-refractivity contribution in [3.8, 4) is 0 Å². The van der Waals surface area contributed by atoms with Crippen LogP contribution < -0.4 is 10.2 Å². The molecule has 6 rings (SSSR count). The highest BCUT2D eigenvalue weighted by Crippen LogP contribution is 2.40. The van der Waals surface area contributed by atoms with Crippen LogP contribution in [0.5, 0.6) is 0 Å². The second-order valence-electron chi connectivity index (χ2n) is 10.3. The Morgan fingerprint density at radius 2 is 2.03 bits per heavy atom.